The highest BCUT2D eigenvalue weighted by Crippen LogP contribution is 2.20. The van der Waals surface area contributed by atoms with Crippen LogP contribution in [0.15, 0.2) is 0 Å². The van der Waals surface area contributed by atoms with Gasteiger partial charge in [0.05, 0.1) is 12.6 Å². The van der Waals surface area contributed by atoms with Gasteiger partial charge in [-0.1, -0.05) is 13.8 Å². The van der Waals surface area contributed by atoms with Crippen molar-refractivity contribution in [2.45, 2.75) is 45.7 Å². The van der Waals surface area contributed by atoms with Crippen LogP contribution in [0.2, 0.25) is 0 Å². The SMILES string of the molecule is COC(=O)OCC(C)(C)NC(=O)C(C(C)C)N1CCC1=O. The Labute approximate surface area is 124 Å². The molecule has 1 unspecified atom stereocenters. The Kier molecular flexibility index (Phi) is 5.57. The molecule has 2 amide bonds. The summed E-state index contributed by atoms with van der Waals surface area (Å²) in [6.07, 6.45) is -0.304. The number of likely N-dealkylation sites (tertiary alicyclic amines) is 1. The van der Waals surface area contributed by atoms with E-state index >= 15 is 0 Å². The molecule has 7 nitrogen and oxygen atoms in total. The first-order valence-corrected chi connectivity index (χ1v) is 7.00. The van der Waals surface area contributed by atoms with E-state index < -0.39 is 17.7 Å². The second kappa shape index (κ2) is 6.78. The third-order valence-electron chi connectivity index (χ3n) is 3.30. The van der Waals surface area contributed by atoms with Crippen LogP contribution < -0.4 is 5.32 Å². The standard InChI is InChI=1S/C14H24N2O5/c1-9(2)11(16-7-6-10(16)17)12(18)15-14(3,4)8-21-13(19)20-5/h9,11H,6-8H2,1-5H3,(H,15,18). The molecule has 1 saturated heterocycles. The number of hydrogen-bond donors (Lipinski definition) is 1. The normalized spacial score (nSPS) is 16.3. The Balaban J connectivity index is 2.63. The number of carbonyl (C=O) groups excluding carboxylic acids is 3. The zero-order valence-electron chi connectivity index (χ0n) is 13.3. The average molecular weight is 300 g/mol. The fourth-order valence-electron chi connectivity index (χ4n) is 2.17. The molecule has 1 fully saturated rings. The quantitative estimate of drug-likeness (QED) is 0.582. The van der Waals surface area contributed by atoms with Crippen molar-refractivity contribution in [2.24, 2.45) is 5.92 Å². The molecule has 0 spiro atoms. The lowest BCUT2D eigenvalue weighted by Crippen LogP contribution is -2.61. The van der Waals surface area contributed by atoms with E-state index in [0.29, 0.717) is 13.0 Å². The third kappa shape index (κ3) is 4.61. The molecule has 0 aromatic rings. The van der Waals surface area contributed by atoms with E-state index in [0.717, 1.165) is 0 Å². The highest BCUT2D eigenvalue weighted by molar-refractivity contribution is 5.91. The average Bonchev–Trinajstić information content (AvgIpc) is 2.39. The summed E-state index contributed by atoms with van der Waals surface area (Å²) in [5, 5.41) is 2.82. The summed E-state index contributed by atoms with van der Waals surface area (Å²) in [7, 11) is 1.22. The van der Waals surface area contributed by atoms with Crippen LogP contribution in [0.1, 0.15) is 34.1 Å². The van der Waals surface area contributed by atoms with E-state index in [-0.39, 0.29) is 24.3 Å². The Morgan fingerprint density at radius 3 is 2.38 bits per heavy atom. The number of hydrogen-bond acceptors (Lipinski definition) is 5. The van der Waals surface area contributed by atoms with Crippen molar-refractivity contribution in [1.29, 1.82) is 0 Å². The van der Waals surface area contributed by atoms with Crippen molar-refractivity contribution < 1.29 is 23.9 Å². The van der Waals surface area contributed by atoms with Crippen molar-refractivity contribution >= 4 is 18.0 Å². The highest BCUT2D eigenvalue weighted by Gasteiger charge is 2.39. The molecule has 1 aliphatic rings. The fourth-order valence-corrected chi connectivity index (χ4v) is 2.17. The molecule has 0 aromatic carbocycles. The van der Waals surface area contributed by atoms with E-state index in [1.807, 2.05) is 13.8 Å². The van der Waals surface area contributed by atoms with Crippen LogP contribution in [-0.4, -0.2) is 54.7 Å². The first-order valence-electron chi connectivity index (χ1n) is 7.00. The molecule has 0 aliphatic carbocycles. The minimum Gasteiger partial charge on any atom is -0.438 e. The molecule has 7 heteroatoms. The van der Waals surface area contributed by atoms with Gasteiger partial charge >= 0.3 is 6.16 Å². The maximum Gasteiger partial charge on any atom is 0.508 e. The summed E-state index contributed by atoms with van der Waals surface area (Å²) in [6.45, 7) is 7.87. The third-order valence-corrected chi connectivity index (χ3v) is 3.30. The molecule has 0 bridgehead atoms. The van der Waals surface area contributed by atoms with Gasteiger partial charge in [-0.2, -0.15) is 0 Å². The lowest BCUT2D eigenvalue weighted by Gasteiger charge is -2.40. The number of methoxy groups -OCH3 is 1. The molecular weight excluding hydrogens is 276 g/mol. The summed E-state index contributed by atoms with van der Waals surface area (Å²) in [6, 6.07) is -0.497. The number of nitrogens with one attached hydrogen (secondary N) is 1. The molecule has 120 valence electrons. The van der Waals surface area contributed by atoms with E-state index in [4.69, 9.17) is 4.74 Å². The second-order valence-electron chi connectivity index (χ2n) is 6.14. The van der Waals surface area contributed by atoms with E-state index in [2.05, 4.69) is 10.1 Å². The number of carbonyl (C=O) groups is 3. The minimum atomic E-state index is -0.796. The molecular formula is C14H24N2O5. The van der Waals surface area contributed by atoms with Crippen LogP contribution in [-0.2, 0) is 19.1 Å². The van der Waals surface area contributed by atoms with Gasteiger partial charge < -0.3 is 19.7 Å². The Bertz CT molecular complexity index is 420. The molecule has 1 rings (SSSR count). The molecule has 1 aliphatic heterocycles. The fraction of sp³-hybridized carbons (Fsp3) is 0.786. The maximum atomic E-state index is 12.4. The molecule has 1 heterocycles. The summed E-state index contributed by atoms with van der Waals surface area (Å²) < 4.78 is 9.25. The zero-order chi connectivity index (χ0) is 16.2. The van der Waals surface area contributed by atoms with Crippen molar-refractivity contribution in [1.82, 2.24) is 10.2 Å². The number of rotatable bonds is 6. The topological polar surface area (TPSA) is 84.9 Å². The van der Waals surface area contributed by atoms with Crippen molar-refractivity contribution in [2.75, 3.05) is 20.3 Å². The summed E-state index contributed by atoms with van der Waals surface area (Å²) in [5.74, 6) is -0.240. The van der Waals surface area contributed by atoms with Crippen LogP contribution in [0.5, 0.6) is 0 Å². The Morgan fingerprint density at radius 1 is 1.38 bits per heavy atom. The second-order valence-corrected chi connectivity index (χ2v) is 6.14. The Hall–Kier alpha value is -1.79. The van der Waals surface area contributed by atoms with Crippen molar-refractivity contribution in [3.63, 3.8) is 0 Å². The van der Waals surface area contributed by atoms with Crippen LogP contribution >= 0.6 is 0 Å². The van der Waals surface area contributed by atoms with Crippen LogP contribution in [0.25, 0.3) is 0 Å². The van der Waals surface area contributed by atoms with Gasteiger partial charge in [0.25, 0.3) is 0 Å². The first kappa shape index (κ1) is 17.3. The summed E-state index contributed by atoms with van der Waals surface area (Å²) in [4.78, 5) is 36.5. The lowest BCUT2D eigenvalue weighted by molar-refractivity contribution is -0.151. The van der Waals surface area contributed by atoms with Gasteiger partial charge in [-0.05, 0) is 19.8 Å². The maximum absolute atomic E-state index is 12.4. The van der Waals surface area contributed by atoms with Gasteiger partial charge in [0.2, 0.25) is 11.8 Å². The number of amides is 2. The molecule has 0 aromatic heterocycles. The van der Waals surface area contributed by atoms with Gasteiger partial charge in [-0.3, -0.25) is 9.59 Å². The minimum absolute atomic E-state index is 0.00609. The van der Waals surface area contributed by atoms with Gasteiger partial charge in [-0.25, -0.2) is 4.79 Å². The zero-order valence-corrected chi connectivity index (χ0v) is 13.3. The predicted octanol–water partition coefficient (Wildman–Crippen LogP) is 0.921. The highest BCUT2D eigenvalue weighted by atomic mass is 16.7. The Morgan fingerprint density at radius 2 is 2.00 bits per heavy atom. The molecule has 0 radical (unpaired) electrons. The smallest absolute Gasteiger partial charge is 0.438 e. The molecule has 1 N–H and O–H groups in total. The monoisotopic (exact) mass is 300 g/mol. The number of ether oxygens (including phenoxy) is 2. The first-order chi connectivity index (χ1) is 9.68. The van der Waals surface area contributed by atoms with Crippen molar-refractivity contribution in [3.8, 4) is 0 Å². The van der Waals surface area contributed by atoms with Gasteiger partial charge in [0, 0.05) is 13.0 Å². The lowest BCUT2D eigenvalue weighted by atomic mass is 9.96. The van der Waals surface area contributed by atoms with Gasteiger partial charge in [0.1, 0.15) is 12.6 Å². The van der Waals surface area contributed by atoms with Gasteiger partial charge in [-0.15, -0.1) is 0 Å². The van der Waals surface area contributed by atoms with Gasteiger partial charge in [0.15, 0.2) is 0 Å². The number of nitrogens with zero attached hydrogens (tertiary/aromatic N) is 1. The van der Waals surface area contributed by atoms with Crippen LogP contribution in [0.3, 0.4) is 0 Å². The summed E-state index contributed by atoms with van der Waals surface area (Å²) >= 11 is 0. The van der Waals surface area contributed by atoms with E-state index in [1.54, 1.807) is 18.7 Å². The predicted molar refractivity (Wildman–Crippen MR) is 75.5 cm³/mol. The van der Waals surface area contributed by atoms with Crippen LogP contribution in [0, 0.1) is 5.92 Å². The largest absolute Gasteiger partial charge is 0.508 e. The molecule has 0 saturated carbocycles. The molecule has 21 heavy (non-hydrogen) atoms. The molecule has 1 atom stereocenters. The van der Waals surface area contributed by atoms with Crippen LogP contribution in [0.4, 0.5) is 4.79 Å². The van der Waals surface area contributed by atoms with E-state index in [9.17, 15) is 14.4 Å². The van der Waals surface area contributed by atoms with Crippen molar-refractivity contribution in [3.05, 3.63) is 0 Å². The summed E-state index contributed by atoms with van der Waals surface area (Å²) in [5.41, 5.74) is -0.744. The number of β-lactam (4-membered cyclic amide) rings is 1. The van der Waals surface area contributed by atoms with E-state index in [1.165, 1.54) is 7.11 Å².